The first-order valence-electron chi connectivity index (χ1n) is 5.24. The van der Waals surface area contributed by atoms with Crippen LogP contribution >= 0.6 is 23.2 Å². The number of hydrogen-bond donors (Lipinski definition) is 2. The Morgan fingerprint density at radius 3 is 2.35 bits per heavy atom. The minimum absolute atomic E-state index is 0.156. The molecule has 1 aromatic rings. The van der Waals surface area contributed by atoms with Gasteiger partial charge in [-0.2, -0.15) is 0 Å². The lowest BCUT2D eigenvalue weighted by molar-refractivity contribution is -0.112. The molecule has 1 aliphatic rings. The van der Waals surface area contributed by atoms with Crippen LogP contribution in [0.3, 0.4) is 0 Å². The van der Waals surface area contributed by atoms with Gasteiger partial charge in [0, 0.05) is 18.7 Å². The SMILES string of the molecule is CC(C(=O)Nc1c(Cl)cccc1Cl)=C1CNC1. The summed E-state index contributed by atoms with van der Waals surface area (Å²) in [6, 6.07) is 5.12. The first-order valence-corrected chi connectivity index (χ1v) is 6.00. The highest BCUT2D eigenvalue weighted by molar-refractivity contribution is 6.40. The summed E-state index contributed by atoms with van der Waals surface area (Å²) in [6.45, 7) is 3.35. The van der Waals surface area contributed by atoms with Crippen molar-refractivity contribution < 1.29 is 4.79 Å². The topological polar surface area (TPSA) is 41.1 Å². The van der Waals surface area contributed by atoms with Crippen LogP contribution in [-0.2, 0) is 4.79 Å². The summed E-state index contributed by atoms with van der Waals surface area (Å²) in [6.07, 6.45) is 0. The van der Waals surface area contributed by atoms with E-state index in [1.165, 1.54) is 0 Å². The maximum Gasteiger partial charge on any atom is 0.251 e. The summed E-state index contributed by atoms with van der Waals surface area (Å²) < 4.78 is 0. The van der Waals surface area contributed by atoms with Crippen molar-refractivity contribution in [2.45, 2.75) is 6.92 Å². The van der Waals surface area contributed by atoms with Gasteiger partial charge < -0.3 is 10.6 Å². The first kappa shape index (κ1) is 12.4. The van der Waals surface area contributed by atoms with E-state index in [9.17, 15) is 4.79 Å². The predicted molar refractivity (Wildman–Crippen MR) is 70.7 cm³/mol. The van der Waals surface area contributed by atoms with E-state index in [4.69, 9.17) is 23.2 Å². The second kappa shape index (κ2) is 5.08. The van der Waals surface area contributed by atoms with Crippen LogP contribution in [-0.4, -0.2) is 19.0 Å². The van der Waals surface area contributed by atoms with Crippen LogP contribution in [0.5, 0.6) is 0 Å². The van der Waals surface area contributed by atoms with E-state index in [1.807, 2.05) is 0 Å². The van der Waals surface area contributed by atoms with Gasteiger partial charge in [-0.3, -0.25) is 4.79 Å². The normalized spacial score (nSPS) is 14.2. The molecule has 5 heteroatoms. The molecule has 0 radical (unpaired) electrons. The Bertz CT molecular complexity index is 471. The molecule has 0 saturated carbocycles. The Balaban J connectivity index is 2.19. The summed E-state index contributed by atoms with van der Waals surface area (Å²) in [4.78, 5) is 11.9. The lowest BCUT2D eigenvalue weighted by Gasteiger charge is -2.21. The molecule has 0 unspecified atom stereocenters. The smallest absolute Gasteiger partial charge is 0.251 e. The Labute approximate surface area is 110 Å². The van der Waals surface area contributed by atoms with Crippen molar-refractivity contribution in [3.8, 4) is 0 Å². The summed E-state index contributed by atoms with van der Waals surface area (Å²) in [5, 5.41) is 6.71. The molecule has 0 bridgehead atoms. The van der Waals surface area contributed by atoms with Crippen molar-refractivity contribution in [2.75, 3.05) is 18.4 Å². The molecular weight excluding hydrogens is 259 g/mol. The molecule has 1 fully saturated rings. The van der Waals surface area contributed by atoms with Crippen LogP contribution in [0.2, 0.25) is 10.0 Å². The first-order chi connectivity index (χ1) is 8.09. The number of nitrogens with one attached hydrogen (secondary N) is 2. The van der Waals surface area contributed by atoms with Gasteiger partial charge in [0.2, 0.25) is 0 Å². The van der Waals surface area contributed by atoms with Crippen molar-refractivity contribution in [1.29, 1.82) is 0 Å². The van der Waals surface area contributed by atoms with Crippen LogP contribution in [0, 0.1) is 0 Å². The second-order valence-corrected chi connectivity index (χ2v) is 4.70. The van der Waals surface area contributed by atoms with Crippen LogP contribution in [0.4, 0.5) is 5.69 Å². The molecule has 1 aliphatic heterocycles. The van der Waals surface area contributed by atoms with Gasteiger partial charge in [0.25, 0.3) is 5.91 Å². The minimum atomic E-state index is -0.156. The van der Waals surface area contributed by atoms with E-state index in [0.717, 1.165) is 24.2 Å². The molecular formula is C12H12Cl2N2O. The molecule has 0 atom stereocenters. The number of carbonyl (C=O) groups excluding carboxylic acids is 1. The fourth-order valence-electron chi connectivity index (χ4n) is 1.50. The van der Waals surface area contributed by atoms with Crippen molar-refractivity contribution >= 4 is 34.8 Å². The molecule has 2 N–H and O–H groups in total. The summed E-state index contributed by atoms with van der Waals surface area (Å²) >= 11 is 12.0. The van der Waals surface area contributed by atoms with Crippen LogP contribution in [0.1, 0.15) is 6.92 Å². The zero-order valence-electron chi connectivity index (χ0n) is 9.31. The average Bonchev–Trinajstić information content (AvgIpc) is 2.21. The maximum atomic E-state index is 11.9. The van der Waals surface area contributed by atoms with Crippen LogP contribution in [0.25, 0.3) is 0 Å². The number of rotatable bonds is 2. The molecule has 1 amide bonds. The fraction of sp³-hybridized carbons (Fsp3) is 0.250. The fourth-order valence-corrected chi connectivity index (χ4v) is 1.99. The number of amides is 1. The molecule has 3 nitrogen and oxygen atoms in total. The molecule has 17 heavy (non-hydrogen) atoms. The standard InChI is InChI=1S/C12H12Cl2N2O/c1-7(8-5-15-6-8)12(17)16-11-9(13)3-2-4-10(11)14/h2-4,15H,5-6H2,1H3,(H,16,17). The molecule has 1 aromatic carbocycles. The number of para-hydroxylation sites is 1. The minimum Gasteiger partial charge on any atom is -0.320 e. The van der Waals surface area contributed by atoms with Gasteiger partial charge in [-0.25, -0.2) is 0 Å². The van der Waals surface area contributed by atoms with E-state index in [2.05, 4.69) is 10.6 Å². The monoisotopic (exact) mass is 270 g/mol. The third kappa shape index (κ3) is 2.63. The van der Waals surface area contributed by atoms with E-state index in [0.29, 0.717) is 15.7 Å². The maximum absolute atomic E-state index is 11.9. The molecule has 0 spiro atoms. The van der Waals surface area contributed by atoms with Crippen molar-refractivity contribution in [2.24, 2.45) is 0 Å². The van der Waals surface area contributed by atoms with Crippen molar-refractivity contribution in [3.63, 3.8) is 0 Å². The molecule has 0 aliphatic carbocycles. The Hall–Kier alpha value is -1.03. The van der Waals surface area contributed by atoms with Crippen molar-refractivity contribution in [1.82, 2.24) is 5.32 Å². The van der Waals surface area contributed by atoms with Gasteiger partial charge in [-0.05, 0) is 24.6 Å². The van der Waals surface area contributed by atoms with Gasteiger partial charge in [0.15, 0.2) is 0 Å². The number of benzene rings is 1. The molecule has 1 heterocycles. The summed E-state index contributed by atoms with van der Waals surface area (Å²) in [5.74, 6) is -0.156. The summed E-state index contributed by atoms with van der Waals surface area (Å²) in [7, 11) is 0. The Morgan fingerprint density at radius 1 is 1.29 bits per heavy atom. The third-order valence-corrected chi connectivity index (χ3v) is 3.38. The van der Waals surface area contributed by atoms with Gasteiger partial charge in [0.1, 0.15) is 0 Å². The molecule has 90 valence electrons. The zero-order chi connectivity index (χ0) is 12.4. The average molecular weight is 271 g/mol. The number of hydrogen-bond acceptors (Lipinski definition) is 2. The number of anilines is 1. The Kier molecular flexibility index (Phi) is 3.72. The van der Waals surface area contributed by atoms with Gasteiger partial charge in [-0.15, -0.1) is 0 Å². The largest absolute Gasteiger partial charge is 0.320 e. The van der Waals surface area contributed by atoms with E-state index in [1.54, 1.807) is 25.1 Å². The molecule has 1 saturated heterocycles. The van der Waals surface area contributed by atoms with E-state index in [-0.39, 0.29) is 5.91 Å². The zero-order valence-corrected chi connectivity index (χ0v) is 10.8. The lowest BCUT2D eigenvalue weighted by Crippen LogP contribution is -2.36. The van der Waals surface area contributed by atoms with Crippen LogP contribution in [0.15, 0.2) is 29.3 Å². The van der Waals surface area contributed by atoms with E-state index < -0.39 is 0 Å². The van der Waals surface area contributed by atoms with Gasteiger partial charge in [-0.1, -0.05) is 29.3 Å². The quantitative estimate of drug-likeness (QED) is 0.812. The third-order valence-electron chi connectivity index (χ3n) is 2.75. The Morgan fingerprint density at radius 2 is 1.88 bits per heavy atom. The van der Waals surface area contributed by atoms with Gasteiger partial charge in [0.05, 0.1) is 15.7 Å². The summed E-state index contributed by atoms with van der Waals surface area (Å²) in [5.41, 5.74) is 2.30. The lowest BCUT2D eigenvalue weighted by atomic mass is 10.0. The number of carbonyl (C=O) groups is 1. The highest BCUT2D eigenvalue weighted by atomic mass is 35.5. The predicted octanol–water partition coefficient (Wildman–Crippen LogP) is 2.85. The van der Waals surface area contributed by atoms with Crippen molar-refractivity contribution in [3.05, 3.63) is 39.4 Å². The number of halogens is 2. The molecule has 0 aromatic heterocycles. The highest BCUT2D eigenvalue weighted by Gasteiger charge is 2.17. The molecule has 2 rings (SSSR count). The highest BCUT2D eigenvalue weighted by Crippen LogP contribution is 2.30. The van der Waals surface area contributed by atoms with Gasteiger partial charge >= 0.3 is 0 Å². The van der Waals surface area contributed by atoms with Crippen LogP contribution < -0.4 is 10.6 Å². The van der Waals surface area contributed by atoms with E-state index >= 15 is 0 Å². The second-order valence-electron chi connectivity index (χ2n) is 3.88.